The molecule has 120 valence electrons. The summed E-state index contributed by atoms with van der Waals surface area (Å²) < 4.78 is 4.11. The molecule has 2 aromatic rings. The fraction of sp³-hybridized carbons (Fsp3) is 0.200. The van der Waals surface area contributed by atoms with Crippen molar-refractivity contribution in [2.75, 3.05) is 11.1 Å². The van der Waals surface area contributed by atoms with Crippen LogP contribution in [-0.2, 0) is 9.59 Å². The van der Waals surface area contributed by atoms with Gasteiger partial charge in [0, 0.05) is 5.69 Å². The molecular weight excluding hydrogens is 314 g/mol. The number of aromatic nitrogens is 1. The molecule has 0 aliphatic carbocycles. The number of nitrogens with two attached hydrogens (primary N) is 1. The van der Waals surface area contributed by atoms with Gasteiger partial charge in [-0.05, 0) is 44.4 Å². The molecule has 8 heteroatoms. The number of carbonyl (C=O) groups excluding carboxylic acids is 2. The second-order valence-corrected chi connectivity index (χ2v) is 5.77. The largest absolute Gasteiger partial charge is 0.389 e. The standard InChI is InChI=1S/C15H17N5O2S/c1-8-4-6-11(7-5-8)17-14(21)15(22)19-18-9(2)12-10(3)20-23-13(12)16/h4-7H,16H2,1-3H3,(H,17,21)(H,19,22)/b18-9-. The number of amides is 2. The highest BCUT2D eigenvalue weighted by atomic mass is 32.1. The van der Waals surface area contributed by atoms with Crippen molar-refractivity contribution in [3.8, 4) is 0 Å². The third-order valence-corrected chi connectivity index (χ3v) is 3.86. The number of benzene rings is 1. The van der Waals surface area contributed by atoms with Crippen LogP contribution in [0.5, 0.6) is 0 Å². The first kappa shape index (κ1) is 16.6. The molecule has 7 nitrogen and oxygen atoms in total. The second kappa shape index (κ2) is 7.01. The van der Waals surface area contributed by atoms with Crippen LogP contribution in [0.4, 0.5) is 10.7 Å². The van der Waals surface area contributed by atoms with Crippen LogP contribution in [-0.4, -0.2) is 21.9 Å². The number of nitrogens with zero attached hydrogens (tertiary/aromatic N) is 2. The lowest BCUT2D eigenvalue weighted by atomic mass is 10.2. The van der Waals surface area contributed by atoms with Gasteiger partial charge in [-0.25, -0.2) is 5.43 Å². The number of aryl methyl sites for hydroxylation is 2. The molecule has 0 spiro atoms. The quantitative estimate of drug-likeness (QED) is 0.453. The van der Waals surface area contributed by atoms with E-state index in [1.807, 2.05) is 19.1 Å². The van der Waals surface area contributed by atoms with Crippen LogP contribution in [0.25, 0.3) is 0 Å². The molecular formula is C15H17N5O2S. The van der Waals surface area contributed by atoms with Crippen LogP contribution in [0.1, 0.15) is 23.7 Å². The van der Waals surface area contributed by atoms with Gasteiger partial charge in [-0.2, -0.15) is 9.47 Å². The predicted molar refractivity (Wildman–Crippen MR) is 91.4 cm³/mol. The Balaban J connectivity index is 2.00. The molecule has 0 radical (unpaired) electrons. The van der Waals surface area contributed by atoms with Gasteiger partial charge in [-0.15, -0.1) is 0 Å². The summed E-state index contributed by atoms with van der Waals surface area (Å²) in [6.45, 7) is 5.42. The molecule has 2 rings (SSSR count). The van der Waals surface area contributed by atoms with Gasteiger partial charge >= 0.3 is 11.8 Å². The molecule has 0 unspecified atom stereocenters. The molecule has 0 aliphatic rings. The maximum atomic E-state index is 11.8. The van der Waals surface area contributed by atoms with Crippen molar-refractivity contribution in [2.24, 2.45) is 5.10 Å². The van der Waals surface area contributed by atoms with Crippen LogP contribution in [0, 0.1) is 13.8 Å². The molecule has 1 aromatic heterocycles. The van der Waals surface area contributed by atoms with Crippen molar-refractivity contribution >= 4 is 39.7 Å². The van der Waals surface area contributed by atoms with Crippen molar-refractivity contribution in [1.29, 1.82) is 0 Å². The highest BCUT2D eigenvalue weighted by Gasteiger charge is 2.15. The van der Waals surface area contributed by atoms with Crippen LogP contribution < -0.4 is 16.5 Å². The van der Waals surface area contributed by atoms with Crippen molar-refractivity contribution < 1.29 is 9.59 Å². The lowest BCUT2D eigenvalue weighted by Gasteiger charge is -2.05. The van der Waals surface area contributed by atoms with Gasteiger partial charge in [-0.1, -0.05) is 17.7 Å². The van der Waals surface area contributed by atoms with Gasteiger partial charge in [0.15, 0.2) is 0 Å². The maximum Gasteiger partial charge on any atom is 0.329 e. The zero-order valence-corrected chi connectivity index (χ0v) is 13.8. The molecule has 0 bridgehead atoms. The maximum absolute atomic E-state index is 11.8. The lowest BCUT2D eigenvalue weighted by Crippen LogP contribution is -2.33. The Morgan fingerprint density at radius 3 is 2.39 bits per heavy atom. The van der Waals surface area contributed by atoms with Gasteiger partial charge in [0.05, 0.1) is 17.0 Å². The summed E-state index contributed by atoms with van der Waals surface area (Å²) in [6, 6.07) is 7.11. The van der Waals surface area contributed by atoms with E-state index in [4.69, 9.17) is 5.73 Å². The number of carbonyl (C=O) groups is 2. The zero-order valence-electron chi connectivity index (χ0n) is 13.0. The second-order valence-electron chi connectivity index (χ2n) is 4.97. The number of hydrazone groups is 1. The molecule has 2 amide bonds. The molecule has 4 N–H and O–H groups in total. The Morgan fingerprint density at radius 2 is 1.83 bits per heavy atom. The van der Waals surface area contributed by atoms with E-state index in [2.05, 4.69) is 20.2 Å². The SMILES string of the molecule is C/C(=N/NC(=O)C(=O)Nc1ccc(C)cc1)c1c(C)nsc1N. The van der Waals surface area contributed by atoms with Crippen molar-refractivity contribution in [2.45, 2.75) is 20.8 Å². The summed E-state index contributed by atoms with van der Waals surface area (Å²) in [5.74, 6) is -1.65. The fourth-order valence-electron chi connectivity index (χ4n) is 1.89. The van der Waals surface area contributed by atoms with Gasteiger partial charge in [0.1, 0.15) is 5.00 Å². The van der Waals surface area contributed by atoms with E-state index >= 15 is 0 Å². The summed E-state index contributed by atoms with van der Waals surface area (Å²) in [4.78, 5) is 23.6. The highest BCUT2D eigenvalue weighted by Crippen LogP contribution is 2.21. The molecule has 1 aromatic carbocycles. The van der Waals surface area contributed by atoms with E-state index in [9.17, 15) is 9.59 Å². The third-order valence-electron chi connectivity index (χ3n) is 3.09. The summed E-state index contributed by atoms with van der Waals surface area (Å²) in [5, 5.41) is 6.92. The van der Waals surface area contributed by atoms with E-state index in [1.165, 1.54) is 0 Å². The molecule has 23 heavy (non-hydrogen) atoms. The van der Waals surface area contributed by atoms with Crippen molar-refractivity contribution in [1.82, 2.24) is 9.80 Å². The number of nitrogen functional groups attached to an aromatic ring is 1. The van der Waals surface area contributed by atoms with E-state index in [0.717, 1.165) is 22.8 Å². The first-order valence-electron chi connectivity index (χ1n) is 6.83. The summed E-state index contributed by atoms with van der Waals surface area (Å²) in [6.07, 6.45) is 0. The summed E-state index contributed by atoms with van der Waals surface area (Å²) in [7, 11) is 0. The zero-order chi connectivity index (χ0) is 17.0. The summed E-state index contributed by atoms with van der Waals surface area (Å²) in [5.41, 5.74) is 11.5. The first-order valence-corrected chi connectivity index (χ1v) is 7.60. The number of rotatable bonds is 3. The van der Waals surface area contributed by atoms with E-state index in [0.29, 0.717) is 22.0 Å². The normalized spacial score (nSPS) is 11.2. The van der Waals surface area contributed by atoms with Gasteiger partial charge < -0.3 is 11.1 Å². The lowest BCUT2D eigenvalue weighted by molar-refractivity contribution is -0.136. The van der Waals surface area contributed by atoms with Crippen LogP contribution in [0.3, 0.4) is 0 Å². The van der Waals surface area contributed by atoms with Crippen LogP contribution >= 0.6 is 11.5 Å². The van der Waals surface area contributed by atoms with Gasteiger partial charge in [-0.3, -0.25) is 9.59 Å². The molecule has 0 saturated carbocycles. The Labute approximate surface area is 137 Å². The van der Waals surface area contributed by atoms with E-state index in [1.54, 1.807) is 26.0 Å². The molecule has 1 heterocycles. The molecule has 0 saturated heterocycles. The predicted octanol–water partition coefficient (Wildman–Crippen LogP) is 1.82. The number of anilines is 2. The van der Waals surface area contributed by atoms with Gasteiger partial charge in [0.25, 0.3) is 0 Å². The molecule has 0 aliphatic heterocycles. The van der Waals surface area contributed by atoms with E-state index < -0.39 is 11.8 Å². The van der Waals surface area contributed by atoms with Crippen molar-refractivity contribution in [3.05, 3.63) is 41.1 Å². The first-order chi connectivity index (χ1) is 10.9. The van der Waals surface area contributed by atoms with Crippen LogP contribution in [0.15, 0.2) is 29.4 Å². The Morgan fingerprint density at radius 1 is 1.17 bits per heavy atom. The third kappa shape index (κ3) is 4.13. The fourth-order valence-corrected chi connectivity index (χ4v) is 2.61. The average Bonchev–Trinajstić information content (AvgIpc) is 2.85. The smallest absolute Gasteiger partial charge is 0.329 e. The average molecular weight is 331 g/mol. The Bertz CT molecular complexity index is 745. The molecule has 0 fully saturated rings. The Kier molecular flexibility index (Phi) is 5.07. The number of nitrogens with one attached hydrogen (secondary N) is 2. The minimum atomic E-state index is -0.857. The van der Waals surface area contributed by atoms with Crippen molar-refractivity contribution in [3.63, 3.8) is 0 Å². The van der Waals surface area contributed by atoms with Crippen LogP contribution in [0.2, 0.25) is 0 Å². The van der Waals surface area contributed by atoms with Gasteiger partial charge in [0.2, 0.25) is 0 Å². The highest BCUT2D eigenvalue weighted by molar-refractivity contribution is 7.10. The molecule has 0 atom stereocenters. The number of hydrogen-bond donors (Lipinski definition) is 3. The monoisotopic (exact) mass is 331 g/mol. The number of hydrogen-bond acceptors (Lipinski definition) is 6. The topological polar surface area (TPSA) is 109 Å². The Hall–Kier alpha value is -2.74. The van der Waals surface area contributed by atoms with E-state index in [-0.39, 0.29) is 0 Å². The minimum absolute atomic E-state index is 0.491. The summed E-state index contributed by atoms with van der Waals surface area (Å²) >= 11 is 1.16. The minimum Gasteiger partial charge on any atom is -0.389 e.